The SMILES string of the molecule is CC(NC(=O)c1cccs1)C(=O)Nc1cccc(CSCCC(=O)O)c1. The summed E-state index contributed by atoms with van der Waals surface area (Å²) in [4.78, 5) is 35.3. The Bertz CT molecular complexity index is 762. The molecule has 0 fully saturated rings. The standard InChI is InChI=1S/C18H20N2O4S2/c1-12(19-18(24)15-6-3-8-26-15)17(23)20-14-5-2-4-13(10-14)11-25-9-7-16(21)22/h2-6,8,10,12H,7,9,11H2,1H3,(H,19,24)(H,20,23)(H,21,22). The van der Waals surface area contributed by atoms with Crippen LogP contribution in [0.5, 0.6) is 0 Å². The van der Waals surface area contributed by atoms with E-state index in [1.165, 1.54) is 23.1 Å². The van der Waals surface area contributed by atoms with Crippen LogP contribution in [0.15, 0.2) is 41.8 Å². The lowest BCUT2D eigenvalue weighted by Crippen LogP contribution is -2.41. The van der Waals surface area contributed by atoms with Crippen LogP contribution in [-0.2, 0) is 15.3 Å². The summed E-state index contributed by atoms with van der Waals surface area (Å²) in [6, 6.07) is 10.2. The van der Waals surface area contributed by atoms with Crippen LogP contribution in [0.2, 0.25) is 0 Å². The molecule has 2 amide bonds. The van der Waals surface area contributed by atoms with Crippen molar-refractivity contribution in [3.8, 4) is 0 Å². The summed E-state index contributed by atoms with van der Waals surface area (Å²) in [5.74, 6) is -0.173. The van der Waals surface area contributed by atoms with Gasteiger partial charge in [-0.15, -0.1) is 11.3 Å². The van der Waals surface area contributed by atoms with Gasteiger partial charge >= 0.3 is 5.97 Å². The molecule has 0 aliphatic rings. The Labute approximate surface area is 160 Å². The Hall–Kier alpha value is -2.32. The highest BCUT2D eigenvalue weighted by atomic mass is 32.2. The number of anilines is 1. The van der Waals surface area contributed by atoms with Gasteiger partial charge in [0.15, 0.2) is 0 Å². The molecule has 0 aliphatic heterocycles. The van der Waals surface area contributed by atoms with Gasteiger partial charge in [-0.05, 0) is 36.1 Å². The van der Waals surface area contributed by atoms with Crippen molar-refractivity contribution in [2.75, 3.05) is 11.1 Å². The average molecular weight is 393 g/mol. The molecule has 0 saturated heterocycles. The lowest BCUT2D eigenvalue weighted by Gasteiger charge is -2.14. The fourth-order valence-corrected chi connectivity index (χ4v) is 3.59. The average Bonchev–Trinajstić information content (AvgIpc) is 3.13. The third-order valence-corrected chi connectivity index (χ3v) is 5.31. The molecular weight excluding hydrogens is 372 g/mol. The first-order valence-electron chi connectivity index (χ1n) is 7.99. The minimum atomic E-state index is -0.808. The van der Waals surface area contributed by atoms with E-state index in [2.05, 4.69) is 10.6 Å². The van der Waals surface area contributed by atoms with Gasteiger partial charge in [0.1, 0.15) is 6.04 Å². The van der Waals surface area contributed by atoms with Gasteiger partial charge in [-0.2, -0.15) is 11.8 Å². The molecule has 0 saturated carbocycles. The first kappa shape index (κ1) is 20.0. The summed E-state index contributed by atoms with van der Waals surface area (Å²) in [5.41, 5.74) is 1.64. The molecule has 138 valence electrons. The summed E-state index contributed by atoms with van der Waals surface area (Å²) in [6.07, 6.45) is 0.128. The van der Waals surface area contributed by atoms with Gasteiger partial charge in [-0.3, -0.25) is 14.4 Å². The second kappa shape index (κ2) is 9.98. The quantitative estimate of drug-likeness (QED) is 0.570. The molecule has 1 aromatic carbocycles. The van der Waals surface area contributed by atoms with Gasteiger partial charge in [0.05, 0.1) is 11.3 Å². The Morgan fingerprint density at radius 3 is 2.73 bits per heavy atom. The highest BCUT2D eigenvalue weighted by molar-refractivity contribution is 7.98. The normalized spacial score (nSPS) is 11.6. The number of carboxylic acid groups (broad SMARTS) is 1. The van der Waals surface area contributed by atoms with Crippen molar-refractivity contribution in [3.63, 3.8) is 0 Å². The van der Waals surface area contributed by atoms with Crippen LogP contribution in [0.25, 0.3) is 0 Å². The summed E-state index contributed by atoms with van der Waals surface area (Å²) in [7, 11) is 0. The fraction of sp³-hybridized carbons (Fsp3) is 0.278. The monoisotopic (exact) mass is 392 g/mol. The van der Waals surface area contributed by atoms with Gasteiger partial charge in [0.25, 0.3) is 5.91 Å². The Morgan fingerprint density at radius 1 is 1.23 bits per heavy atom. The van der Waals surface area contributed by atoms with Crippen molar-refractivity contribution in [2.45, 2.75) is 25.1 Å². The van der Waals surface area contributed by atoms with Gasteiger partial charge < -0.3 is 15.7 Å². The molecule has 1 unspecified atom stereocenters. The summed E-state index contributed by atoms with van der Waals surface area (Å²) in [5, 5.41) is 15.9. The highest BCUT2D eigenvalue weighted by Gasteiger charge is 2.17. The number of nitrogens with one attached hydrogen (secondary N) is 2. The lowest BCUT2D eigenvalue weighted by atomic mass is 10.2. The topological polar surface area (TPSA) is 95.5 Å². The van der Waals surface area contributed by atoms with Crippen molar-refractivity contribution in [2.24, 2.45) is 0 Å². The number of amides is 2. The summed E-state index contributed by atoms with van der Waals surface area (Å²) >= 11 is 2.85. The number of carbonyl (C=O) groups excluding carboxylic acids is 2. The molecule has 0 aliphatic carbocycles. The van der Waals surface area contributed by atoms with E-state index in [0.29, 0.717) is 22.1 Å². The summed E-state index contributed by atoms with van der Waals surface area (Å²) < 4.78 is 0. The van der Waals surface area contributed by atoms with E-state index < -0.39 is 12.0 Å². The molecule has 1 atom stereocenters. The van der Waals surface area contributed by atoms with Crippen molar-refractivity contribution in [1.29, 1.82) is 0 Å². The molecule has 0 spiro atoms. The zero-order valence-electron chi connectivity index (χ0n) is 14.2. The van der Waals surface area contributed by atoms with E-state index in [0.717, 1.165) is 5.56 Å². The van der Waals surface area contributed by atoms with E-state index in [9.17, 15) is 14.4 Å². The number of hydrogen-bond donors (Lipinski definition) is 3. The van der Waals surface area contributed by atoms with Crippen molar-refractivity contribution >= 4 is 46.6 Å². The van der Waals surface area contributed by atoms with Crippen LogP contribution < -0.4 is 10.6 Å². The van der Waals surface area contributed by atoms with Crippen LogP contribution >= 0.6 is 23.1 Å². The van der Waals surface area contributed by atoms with Crippen LogP contribution in [0.4, 0.5) is 5.69 Å². The van der Waals surface area contributed by atoms with Gasteiger partial charge in [0, 0.05) is 17.2 Å². The van der Waals surface area contributed by atoms with E-state index in [1.54, 1.807) is 30.5 Å². The largest absolute Gasteiger partial charge is 0.481 e. The number of aliphatic carboxylic acids is 1. The number of thiophene rings is 1. The lowest BCUT2D eigenvalue weighted by molar-refractivity contribution is -0.136. The minimum absolute atomic E-state index is 0.128. The minimum Gasteiger partial charge on any atom is -0.481 e. The predicted molar refractivity (Wildman–Crippen MR) is 105 cm³/mol. The molecule has 6 nitrogen and oxygen atoms in total. The van der Waals surface area contributed by atoms with Gasteiger partial charge in [-0.25, -0.2) is 0 Å². The number of carboxylic acids is 1. The fourth-order valence-electron chi connectivity index (χ4n) is 2.08. The number of thioether (sulfide) groups is 1. The highest BCUT2D eigenvalue weighted by Crippen LogP contribution is 2.17. The van der Waals surface area contributed by atoms with Crippen molar-refractivity contribution < 1.29 is 19.5 Å². The Balaban J connectivity index is 1.84. The third kappa shape index (κ3) is 6.53. The second-order valence-corrected chi connectivity index (χ2v) is 7.61. The zero-order chi connectivity index (χ0) is 18.9. The van der Waals surface area contributed by atoms with Crippen LogP contribution in [0.3, 0.4) is 0 Å². The number of rotatable bonds is 9. The number of carbonyl (C=O) groups is 3. The second-order valence-electron chi connectivity index (χ2n) is 5.56. The number of hydrogen-bond acceptors (Lipinski definition) is 5. The van der Waals surface area contributed by atoms with Crippen LogP contribution in [0, 0.1) is 0 Å². The maximum atomic E-state index is 12.3. The molecule has 2 aromatic rings. The van der Waals surface area contributed by atoms with Crippen LogP contribution in [-0.4, -0.2) is 34.7 Å². The van der Waals surface area contributed by atoms with Gasteiger partial charge in [0.2, 0.25) is 5.91 Å². The molecule has 3 N–H and O–H groups in total. The maximum Gasteiger partial charge on any atom is 0.304 e. The molecule has 0 bridgehead atoms. The van der Waals surface area contributed by atoms with E-state index in [-0.39, 0.29) is 18.2 Å². The molecule has 26 heavy (non-hydrogen) atoms. The predicted octanol–water partition coefficient (Wildman–Crippen LogP) is 3.21. The van der Waals surface area contributed by atoms with E-state index >= 15 is 0 Å². The first-order chi connectivity index (χ1) is 12.5. The van der Waals surface area contributed by atoms with Gasteiger partial charge in [-0.1, -0.05) is 18.2 Å². The van der Waals surface area contributed by atoms with E-state index in [1.807, 2.05) is 18.2 Å². The molecular formula is C18H20N2O4S2. The van der Waals surface area contributed by atoms with E-state index in [4.69, 9.17) is 5.11 Å². The molecule has 0 radical (unpaired) electrons. The third-order valence-electron chi connectivity index (χ3n) is 3.41. The van der Waals surface area contributed by atoms with Crippen molar-refractivity contribution in [1.82, 2.24) is 5.32 Å². The zero-order valence-corrected chi connectivity index (χ0v) is 15.9. The molecule has 8 heteroatoms. The molecule has 1 heterocycles. The molecule has 1 aromatic heterocycles. The van der Waals surface area contributed by atoms with Crippen LogP contribution in [0.1, 0.15) is 28.6 Å². The smallest absolute Gasteiger partial charge is 0.304 e. The first-order valence-corrected chi connectivity index (χ1v) is 10.0. The Kier molecular flexibility index (Phi) is 7.68. The number of benzene rings is 1. The molecule has 2 rings (SSSR count). The Morgan fingerprint density at radius 2 is 2.04 bits per heavy atom. The van der Waals surface area contributed by atoms with Crippen molar-refractivity contribution in [3.05, 3.63) is 52.2 Å². The maximum absolute atomic E-state index is 12.3. The summed E-state index contributed by atoms with van der Waals surface area (Å²) in [6.45, 7) is 1.63.